The molecule has 0 radical (unpaired) electrons. The number of anilines is 1. The van der Waals surface area contributed by atoms with Gasteiger partial charge in [0.05, 0.1) is 12.4 Å². The number of nitrogens with two attached hydrogens (primary N) is 1. The van der Waals surface area contributed by atoms with E-state index < -0.39 is 25.2 Å². The van der Waals surface area contributed by atoms with Gasteiger partial charge in [-0.3, -0.25) is 9.09 Å². The van der Waals surface area contributed by atoms with Crippen LogP contribution >= 0.6 is 6.72 Å². The predicted octanol–water partition coefficient (Wildman–Crippen LogP) is 9.91. The Labute approximate surface area is 286 Å². The summed E-state index contributed by atoms with van der Waals surface area (Å²) < 4.78 is 25.6. The van der Waals surface area contributed by atoms with E-state index >= 15 is 0 Å². The molecule has 1 saturated heterocycles. The number of hydrogen-bond donors (Lipinski definition) is 2. The Hall–Kier alpha value is -1.20. The zero-order chi connectivity index (χ0) is 34.8. The van der Waals surface area contributed by atoms with Crippen molar-refractivity contribution in [3.05, 3.63) is 12.7 Å². The molecule has 2 aromatic heterocycles. The lowest BCUT2D eigenvalue weighted by molar-refractivity contribution is -0.0667. The minimum absolute atomic E-state index is 0.298. The Morgan fingerprint density at radius 2 is 1.35 bits per heavy atom. The summed E-state index contributed by atoms with van der Waals surface area (Å²) >= 11 is 5.17. The molecule has 0 bridgehead atoms. The van der Waals surface area contributed by atoms with Gasteiger partial charge in [0, 0.05) is 13.7 Å². The van der Waals surface area contributed by atoms with Crippen LogP contribution in [0.3, 0.4) is 0 Å². The topological polar surface area (TPSA) is 127 Å². The Morgan fingerprint density at radius 1 is 0.826 bits per heavy atom. The minimum Gasteiger partial charge on any atom is -0.382 e. The van der Waals surface area contributed by atoms with Crippen molar-refractivity contribution >= 4 is 35.5 Å². The Kier molecular flexibility index (Phi) is 27.0. The third-order valence-corrected chi connectivity index (χ3v) is 9.32. The number of hydrogen-bond acceptors (Lipinski definition) is 9. The Bertz CT molecular complexity index is 1050. The van der Waals surface area contributed by atoms with Gasteiger partial charge in [-0.2, -0.15) is 0 Å². The smallest absolute Gasteiger partial charge is 0.324 e. The molecule has 46 heavy (non-hydrogen) atoms. The van der Waals surface area contributed by atoms with Crippen LogP contribution in [0.5, 0.6) is 0 Å². The van der Waals surface area contributed by atoms with Crippen molar-refractivity contribution in [2.75, 3.05) is 19.5 Å². The van der Waals surface area contributed by atoms with E-state index in [1.807, 2.05) is 48.5 Å². The summed E-state index contributed by atoms with van der Waals surface area (Å²) in [7, 11) is 1.35. The van der Waals surface area contributed by atoms with E-state index in [9.17, 15) is 4.89 Å². The number of fused-ring (bicyclic) bond motifs is 1. The number of aromatic nitrogens is 4. The van der Waals surface area contributed by atoms with E-state index in [1.165, 1.54) is 90.5 Å². The van der Waals surface area contributed by atoms with Crippen LogP contribution in [0.1, 0.15) is 158 Å². The van der Waals surface area contributed by atoms with Gasteiger partial charge in [-0.1, -0.05) is 139 Å². The maximum absolute atomic E-state index is 10.5. The van der Waals surface area contributed by atoms with Crippen molar-refractivity contribution in [2.24, 2.45) is 0 Å². The molecule has 3 N–H and O–H groups in total. The third-order valence-electron chi connectivity index (χ3n) is 7.64. The average molecular weight is 690 g/mol. The number of unbranched alkanes of at least 4 members (excludes halogenated alkanes) is 13. The number of ether oxygens (including phenoxy) is 2. The molecule has 5 unspecified atom stereocenters. The van der Waals surface area contributed by atoms with E-state index in [4.69, 9.17) is 36.1 Å². The van der Waals surface area contributed by atoms with Crippen LogP contribution in [0.15, 0.2) is 12.7 Å². The zero-order valence-corrected chi connectivity index (χ0v) is 32.3. The number of nitrogen functional groups attached to an aromatic ring is 1. The second kappa shape index (κ2) is 27.7. The minimum atomic E-state index is -3.44. The van der Waals surface area contributed by atoms with Crippen molar-refractivity contribution in [3.8, 4) is 0 Å². The molecule has 1 aliphatic rings. The van der Waals surface area contributed by atoms with Crippen molar-refractivity contribution in [2.45, 2.75) is 176 Å². The van der Waals surface area contributed by atoms with Gasteiger partial charge in [0.2, 0.25) is 0 Å². The highest BCUT2D eigenvalue weighted by Crippen LogP contribution is 2.49. The molecular weight excluding hydrogens is 621 g/mol. The fourth-order valence-corrected chi connectivity index (χ4v) is 6.28. The van der Waals surface area contributed by atoms with Gasteiger partial charge in [0.1, 0.15) is 24.1 Å². The van der Waals surface area contributed by atoms with E-state index in [-0.39, 0.29) is 6.10 Å². The van der Waals surface area contributed by atoms with Gasteiger partial charge >= 0.3 is 6.72 Å². The molecule has 270 valence electrons. The normalized spacial score (nSPS) is 20.1. The van der Waals surface area contributed by atoms with Crippen LogP contribution in [-0.4, -0.2) is 56.4 Å². The predicted molar refractivity (Wildman–Crippen MR) is 196 cm³/mol. The van der Waals surface area contributed by atoms with Gasteiger partial charge in [0.25, 0.3) is 0 Å². The molecule has 10 nitrogen and oxygen atoms in total. The SMILES string of the molecule is CC.CC.CC.CCCCCCCCCCCCCCCCOC1C(OP(O)(=S)OC)C(CC)OC1n1cnc2c(N)ncnc21. The van der Waals surface area contributed by atoms with Crippen LogP contribution in [0, 0.1) is 0 Å². The highest BCUT2D eigenvalue weighted by molar-refractivity contribution is 8.07. The fourth-order valence-electron chi connectivity index (χ4n) is 5.33. The van der Waals surface area contributed by atoms with Crippen LogP contribution < -0.4 is 5.73 Å². The second-order valence-electron chi connectivity index (χ2n) is 10.7. The molecular formula is C34H68N5O5PS. The number of imidazole rings is 1. The molecule has 0 saturated carbocycles. The molecule has 0 aromatic carbocycles. The monoisotopic (exact) mass is 689 g/mol. The molecule has 3 rings (SSSR count). The summed E-state index contributed by atoms with van der Waals surface area (Å²) in [6, 6.07) is 0. The standard InChI is InChI=1S/C28H50N5O5PS.3C2H6/c1-4-6-7-8-9-10-11-12-13-14-15-16-17-18-19-36-25-24(38-39(34,40)35-3)22(5-2)37-28(25)33-21-32-23-26(29)30-20-31-27(23)33;3*1-2/h20-22,24-25,28H,4-19H2,1-3H3,(H,34,40)(H2,29,30,31);3*1-2H3. The highest BCUT2D eigenvalue weighted by Gasteiger charge is 2.49. The van der Waals surface area contributed by atoms with Gasteiger partial charge in [0.15, 0.2) is 17.7 Å². The lowest BCUT2D eigenvalue weighted by Gasteiger charge is -2.27. The number of nitrogens with zero attached hydrogens (tertiary/aromatic N) is 4. The maximum Gasteiger partial charge on any atom is 0.324 e. The Balaban J connectivity index is 0.00000318. The first-order chi connectivity index (χ1) is 22.4. The molecule has 5 atom stereocenters. The lowest BCUT2D eigenvalue weighted by Crippen LogP contribution is -2.36. The van der Waals surface area contributed by atoms with Gasteiger partial charge in [-0.25, -0.2) is 15.0 Å². The Morgan fingerprint density at radius 3 is 1.85 bits per heavy atom. The van der Waals surface area contributed by atoms with Crippen LogP contribution in [0.25, 0.3) is 11.2 Å². The summed E-state index contributed by atoms with van der Waals surface area (Å²) in [4.78, 5) is 23.2. The van der Waals surface area contributed by atoms with Gasteiger partial charge < -0.3 is 24.6 Å². The van der Waals surface area contributed by atoms with E-state index in [0.717, 1.165) is 12.8 Å². The first-order valence-corrected chi connectivity index (χ1v) is 20.8. The fraction of sp³-hybridized carbons (Fsp3) is 0.853. The molecule has 1 fully saturated rings. The van der Waals surface area contributed by atoms with Crippen molar-refractivity contribution in [3.63, 3.8) is 0 Å². The third kappa shape index (κ3) is 15.8. The molecule has 0 amide bonds. The van der Waals surface area contributed by atoms with Gasteiger partial charge in [-0.05, 0) is 24.6 Å². The maximum atomic E-state index is 10.5. The molecule has 2 aromatic rings. The summed E-state index contributed by atoms with van der Waals surface area (Å²) in [5.41, 5.74) is 7.05. The second-order valence-corrected chi connectivity index (χ2v) is 13.6. The summed E-state index contributed by atoms with van der Waals surface area (Å²) in [6.07, 6.45) is 19.8. The largest absolute Gasteiger partial charge is 0.382 e. The van der Waals surface area contributed by atoms with E-state index in [1.54, 1.807) is 10.9 Å². The van der Waals surface area contributed by atoms with Gasteiger partial charge in [-0.15, -0.1) is 0 Å². The summed E-state index contributed by atoms with van der Waals surface area (Å²) in [5, 5.41) is 0. The molecule has 0 spiro atoms. The van der Waals surface area contributed by atoms with E-state index in [2.05, 4.69) is 21.9 Å². The van der Waals surface area contributed by atoms with Crippen LogP contribution in [0.4, 0.5) is 5.82 Å². The zero-order valence-electron chi connectivity index (χ0n) is 30.6. The van der Waals surface area contributed by atoms with Crippen molar-refractivity contribution < 1.29 is 23.4 Å². The molecule has 0 aliphatic carbocycles. The summed E-state index contributed by atoms with van der Waals surface area (Å²) in [6.45, 7) is 13.4. The number of rotatable bonds is 21. The first kappa shape index (κ1) is 44.8. The molecule has 1 aliphatic heterocycles. The average Bonchev–Trinajstić information content (AvgIpc) is 3.67. The van der Waals surface area contributed by atoms with Crippen molar-refractivity contribution in [1.29, 1.82) is 0 Å². The molecule has 3 heterocycles. The first-order valence-electron chi connectivity index (χ1n) is 18.2. The van der Waals surface area contributed by atoms with Crippen LogP contribution in [0.2, 0.25) is 0 Å². The quantitative estimate of drug-likeness (QED) is 0.0966. The highest BCUT2D eigenvalue weighted by atomic mass is 32.5. The van der Waals surface area contributed by atoms with E-state index in [0.29, 0.717) is 30.0 Å². The summed E-state index contributed by atoms with van der Waals surface area (Å²) in [5.74, 6) is 0.298. The lowest BCUT2D eigenvalue weighted by atomic mass is 10.0. The van der Waals surface area contributed by atoms with Crippen LogP contribution in [-0.2, 0) is 30.3 Å². The van der Waals surface area contributed by atoms with Crippen molar-refractivity contribution in [1.82, 2.24) is 19.5 Å². The molecule has 12 heteroatoms.